The summed E-state index contributed by atoms with van der Waals surface area (Å²) in [4.78, 5) is 11.0. The topological polar surface area (TPSA) is 81.1 Å². The highest BCUT2D eigenvalue weighted by atomic mass is 16.4. The van der Waals surface area contributed by atoms with Crippen molar-refractivity contribution < 1.29 is 9.90 Å². The van der Waals surface area contributed by atoms with Gasteiger partial charge in [-0.3, -0.25) is 4.68 Å². The van der Waals surface area contributed by atoms with Crippen LogP contribution in [0, 0.1) is 0 Å². The molecular weight excluding hydrogens is 194 g/mol. The first kappa shape index (κ1) is 9.67. The van der Waals surface area contributed by atoms with Crippen LogP contribution in [-0.2, 0) is 13.6 Å². The van der Waals surface area contributed by atoms with Gasteiger partial charge < -0.3 is 10.8 Å². The van der Waals surface area contributed by atoms with E-state index < -0.39 is 5.97 Å². The maximum Gasteiger partial charge on any atom is 0.336 e. The molecule has 2 aromatic rings. The Hall–Kier alpha value is -1.88. The minimum atomic E-state index is -0.955. The van der Waals surface area contributed by atoms with Gasteiger partial charge in [-0.05, 0) is 12.1 Å². The third-order valence-electron chi connectivity index (χ3n) is 2.37. The fraction of sp³-hybridized carbons (Fsp3) is 0.200. The minimum Gasteiger partial charge on any atom is -0.478 e. The Morgan fingerprint density at radius 3 is 2.93 bits per heavy atom. The normalized spacial score (nSPS) is 10.8. The van der Waals surface area contributed by atoms with Gasteiger partial charge in [0.2, 0.25) is 0 Å². The summed E-state index contributed by atoms with van der Waals surface area (Å²) in [7, 11) is 1.77. The number of aryl methyl sites for hydroxylation is 1. The van der Waals surface area contributed by atoms with Crippen molar-refractivity contribution in [2.45, 2.75) is 6.54 Å². The molecule has 2 rings (SSSR count). The zero-order valence-corrected chi connectivity index (χ0v) is 8.27. The van der Waals surface area contributed by atoms with E-state index in [4.69, 9.17) is 10.8 Å². The van der Waals surface area contributed by atoms with Crippen molar-refractivity contribution >= 4 is 16.9 Å². The molecule has 1 aromatic carbocycles. The van der Waals surface area contributed by atoms with Crippen LogP contribution in [-0.4, -0.2) is 20.9 Å². The molecule has 0 atom stereocenters. The van der Waals surface area contributed by atoms with E-state index in [0.717, 1.165) is 5.52 Å². The second-order valence-corrected chi connectivity index (χ2v) is 3.28. The van der Waals surface area contributed by atoms with Crippen molar-refractivity contribution in [3.63, 3.8) is 0 Å². The molecule has 0 aliphatic rings. The zero-order valence-electron chi connectivity index (χ0n) is 8.27. The van der Waals surface area contributed by atoms with Crippen LogP contribution in [0.25, 0.3) is 10.9 Å². The standard InChI is InChI=1S/C10H11N3O2/c1-13-8-4-2-3-6(10(14)15)9(8)7(5-11)12-13/h2-4H,5,11H2,1H3,(H,14,15). The largest absolute Gasteiger partial charge is 0.478 e. The summed E-state index contributed by atoms with van der Waals surface area (Å²) < 4.78 is 1.64. The lowest BCUT2D eigenvalue weighted by atomic mass is 10.1. The van der Waals surface area contributed by atoms with E-state index in [-0.39, 0.29) is 12.1 Å². The number of rotatable bonds is 2. The molecule has 0 spiro atoms. The number of carbonyl (C=O) groups is 1. The van der Waals surface area contributed by atoms with Gasteiger partial charge in [-0.1, -0.05) is 6.07 Å². The van der Waals surface area contributed by atoms with Gasteiger partial charge in [0, 0.05) is 19.0 Å². The minimum absolute atomic E-state index is 0.238. The summed E-state index contributed by atoms with van der Waals surface area (Å²) in [6.45, 7) is 0.238. The fourth-order valence-corrected chi connectivity index (χ4v) is 1.72. The van der Waals surface area contributed by atoms with Gasteiger partial charge in [0.25, 0.3) is 0 Å². The molecule has 0 amide bonds. The number of aromatic carboxylic acids is 1. The second kappa shape index (κ2) is 3.36. The number of benzene rings is 1. The molecular formula is C10H11N3O2. The van der Waals surface area contributed by atoms with Crippen LogP contribution < -0.4 is 5.73 Å². The first-order valence-electron chi connectivity index (χ1n) is 4.53. The number of nitrogens with two attached hydrogens (primary N) is 1. The Balaban J connectivity index is 2.88. The number of aromatic nitrogens is 2. The summed E-state index contributed by atoms with van der Waals surface area (Å²) in [5, 5.41) is 13.8. The lowest BCUT2D eigenvalue weighted by Gasteiger charge is -1.98. The maximum atomic E-state index is 11.0. The number of hydrogen-bond donors (Lipinski definition) is 2. The van der Waals surface area contributed by atoms with Crippen LogP contribution in [0.4, 0.5) is 0 Å². The quantitative estimate of drug-likeness (QED) is 0.757. The molecule has 0 radical (unpaired) electrons. The van der Waals surface area contributed by atoms with E-state index >= 15 is 0 Å². The van der Waals surface area contributed by atoms with Gasteiger partial charge in [-0.25, -0.2) is 4.79 Å². The lowest BCUT2D eigenvalue weighted by Crippen LogP contribution is -2.01. The molecule has 0 bridgehead atoms. The van der Waals surface area contributed by atoms with Gasteiger partial charge in [-0.2, -0.15) is 5.10 Å². The summed E-state index contributed by atoms with van der Waals surface area (Å²) in [6, 6.07) is 5.09. The number of carboxylic acids is 1. The van der Waals surface area contributed by atoms with E-state index in [2.05, 4.69) is 5.10 Å². The lowest BCUT2D eigenvalue weighted by molar-refractivity contribution is 0.0699. The highest BCUT2D eigenvalue weighted by molar-refractivity contribution is 6.03. The van der Waals surface area contributed by atoms with Gasteiger partial charge in [0.15, 0.2) is 0 Å². The van der Waals surface area contributed by atoms with Crippen molar-refractivity contribution in [1.29, 1.82) is 0 Å². The average Bonchev–Trinajstić information content (AvgIpc) is 2.55. The van der Waals surface area contributed by atoms with Crippen LogP contribution >= 0.6 is 0 Å². The Morgan fingerprint density at radius 2 is 2.33 bits per heavy atom. The molecule has 15 heavy (non-hydrogen) atoms. The van der Waals surface area contributed by atoms with Gasteiger partial charge >= 0.3 is 5.97 Å². The predicted octanol–water partition coefficient (Wildman–Crippen LogP) is 0.730. The highest BCUT2D eigenvalue weighted by Gasteiger charge is 2.15. The van der Waals surface area contributed by atoms with Gasteiger partial charge in [0.05, 0.1) is 16.8 Å². The molecule has 0 aliphatic carbocycles. The molecule has 78 valence electrons. The first-order chi connectivity index (χ1) is 7.15. The van der Waals surface area contributed by atoms with Crippen LogP contribution in [0.3, 0.4) is 0 Å². The molecule has 5 nitrogen and oxygen atoms in total. The van der Waals surface area contributed by atoms with E-state index in [0.29, 0.717) is 11.1 Å². The molecule has 0 unspecified atom stereocenters. The SMILES string of the molecule is Cn1nc(CN)c2c(C(=O)O)cccc21. The predicted molar refractivity (Wildman–Crippen MR) is 55.6 cm³/mol. The van der Waals surface area contributed by atoms with E-state index in [1.54, 1.807) is 23.9 Å². The van der Waals surface area contributed by atoms with Crippen molar-refractivity contribution in [3.8, 4) is 0 Å². The number of nitrogens with zero attached hydrogens (tertiary/aromatic N) is 2. The van der Waals surface area contributed by atoms with Gasteiger partial charge in [-0.15, -0.1) is 0 Å². The molecule has 0 aliphatic heterocycles. The molecule has 1 aromatic heterocycles. The van der Waals surface area contributed by atoms with Crippen molar-refractivity contribution in [3.05, 3.63) is 29.5 Å². The Morgan fingerprint density at radius 1 is 1.60 bits per heavy atom. The van der Waals surface area contributed by atoms with Crippen LogP contribution in [0.15, 0.2) is 18.2 Å². The monoisotopic (exact) mass is 205 g/mol. The molecule has 0 fully saturated rings. The molecule has 3 N–H and O–H groups in total. The third kappa shape index (κ3) is 1.37. The number of fused-ring (bicyclic) bond motifs is 1. The maximum absolute atomic E-state index is 11.0. The average molecular weight is 205 g/mol. The molecule has 0 saturated heterocycles. The molecule has 1 heterocycles. The van der Waals surface area contributed by atoms with Crippen LogP contribution in [0.1, 0.15) is 16.1 Å². The van der Waals surface area contributed by atoms with E-state index in [9.17, 15) is 4.79 Å². The van der Waals surface area contributed by atoms with Crippen LogP contribution in [0.5, 0.6) is 0 Å². The van der Waals surface area contributed by atoms with E-state index in [1.165, 1.54) is 0 Å². The summed E-state index contributed by atoms with van der Waals surface area (Å²) in [5.41, 5.74) is 7.18. The molecule has 0 saturated carbocycles. The molecule has 5 heteroatoms. The Kier molecular flexibility index (Phi) is 2.17. The van der Waals surface area contributed by atoms with Crippen molar-refractivity contribution in [2.75, 3.05) is 0 Å². The second-order valence-electron chi connectivity index (χ2n) is 3.28. The smallest absolute Gasteiger partial charge is 0.336 e. The Bertz CT molecular complexity index is 531. The van der Waals surface area contributed by atoms with Crippen molar-refractivity contribution in [2.24, 2.45) is 12.8 Å². The van der Waals surface area contributed by atoms with Gasteiger partial charge in [0.1, 0.15) is 0 Å². The van der Waals surface area contributed by atoms with Crippen molar-refractivity contribution in [1.82, 2.24) is 9.78 Å². The fourth-order valence-electron chi connectivity index (χ4n) is 1.72. The van der Waals surface area contributed by atoms with Crippen LogP contribution in [0.2, 0.25) is 0 Å². The first-order valence-corrected chi connectivity index (χ1v) is 4.53. The number of hydrogen-bond acceptors (Lipinski definition) is 3. The summed E-state index contributed by atoms with van der Waals surface area (Å²) in [5.74, 6) is -0.955. The summed E-state index contributed by atoms with van der Waals surface area (Å²) >= 11 is 0. The third-order valence-corrected chi connectivity index (χ3v) is 2.37. The zero-order chi connectivity index (χ0) is 11.0. The Labute approximate surface area is 86.1 Å². The highest BCUT2D eigenvalue weighted by Crippen LogP contribution is 2.22. The number of carboxylic acid groups (broad SMARTS) is 1. The van der Waals surface area contributed by atoms with E-state index in [1.807, 2.05) is 6.07 Å². The summed E-state index contributed by atoms with van der Waals surface area (Å²) in [6.07, 6.45) is 0.